The minimum absolute atomic E-state index is 0.0906. The molecule has 3 aromatic carbocycles. The minimum Gasteiger partial charge on any atom is -0.496 e. The number of hydrogen-bond acceptors (Lipinski definition) is 7. The predicted molar refractivity (Wildman–Crippen MR) is 144 cm³/mol. The molecule has 36 heavy (non-hydrogen) atoms. The number of ether oxygens (including phenoxy) is 1. The lowest BCUT2D eigenvalue weighted by atomic mass is 10.2. The van der Waals surface area contributed by atoms with Gasteiger partial charge in [0.1, 0.15) is 10.6 Å². The predicted octanol–water partition coefficient (Wildman–Crippen LogP) is 5.47. The molecule has 0 spiro atoms. The van der Waals surface area contributed by atoms with Gasteiger partial charge in [-0.2, -0.15) is 5.26 Å². The number of aromatic hydroxyl groups is 1. The third kappa shape index (κ3) is 5.82. The standard InChI is InChI=1S/C28H27N5O2S/c1-3-31-23-14-13-21(16-29)15-24(23)32-28-33(19-20-9-5-4-6-10-20)27(34)26(36-28)18-30-17-22-11-7-8-12-25(22)35-2/h4-15,18,31,34H,3,17,19H2,1-2H3. The molecule has 8 heteroatoms. The third-order valence-corrected chi connectivity index (χ3v) is 6.47. The van der Waals surface area contributed by atoms with Gasteiger partial charge in [-0.25, -0.2) is 4.99 Å². The first-order chi connectivity index (χ1) is 17.6. The van der Waals surface area contributed by atoms with Crippen molar-refractivity contribution in [3.05, 3.63) is 99.2 Å². The van der Waals surface area contributed by atoms with E-state index in [1.165, 1.54) is 11.3 Å². The number of methoxy groups -OCH3 is 1. The Morgan fingerprint density at radius 3 is 2.64 bits per heavy atom. The molecule has 2 N–H and O–H groups in total. The van der Waals surface area contributed by atoms with Gasteiger partial charge in [-0.3, -0.25) is 9.56 Å². The summed E-state index contributed by atoms with van der Waals surface area (Å²) in [7, 11) is 1.64. The van der Waals surface area contributed by atoms with Crippen LogP contribution in [0.4, 0.5) is 11.4 Å². The lowest BCUT2D eigenvalue weighted by Crippen LogP contribution is -2.15. The Labute approximate surface area is 214 Å². The summed E-state index contributed by atoms with van der Waals surface area (Å²) in [6, 6.07) is 25.1. The zero-order valence-corrected chi connectivity index (χ0v) is 21.0. The van der Waals surface area contributed by atoms with Crippen molar-refractivity contribution in [3.63, 3.8) is 0 Å². The highest BCUT2D eigenvalue weighted by Gasteiger charge is 2.13. The van der Waals surface area contributed by atoms with E-state index in [9.17, 15) is 10.4 Å². The first kappa shape index (κ1) is 24.8. The largest absolute Gasteiger partial charge is 0.496 e. The number of nitrogens with one attached hydrogen (secondary N) is 1. The summed E-state index contributed by atoms with van der Waals surface area (Å²) >= 11 is 1.34. The number of para-hydroxylation sites is 1. The number of hydrogen-bond donors (Lipinski definition) is 2. The van der Waals surface area contributed by atoms with Gasteiger partial charge >= 0.3 is 0 Å². The molecule has 4 aromatic rings. The number of nitrogens with zero attached hydrogens (tertiary/aromatic N) is 4. The molecule has 0 saturated carbocycles. The van der Waals surface area contributed by atoms with Crippen LogP contribution < -0.4 is 14.9 Å². The first-order valence-corrected chi connectivity index (χ1v) is 12.4. The van der Waals surface area contributed by atoms with Gasteiger partial charge in [-0.15, -0.1) is 0 Å². The number of thiazole rings is 1. The van der Waals surface area contributed by atoms with E-state index in [0.29, 0.717) is 34.0 Å². The number of nitriles is 1. The average molecular weight is 498 g/mol. The summed E-state index contributed by atoms with van der Waals surface area (Å²) in [6.45, 7) is 3.58. The smallest absolute Gasteiger partial charge is 0.213 e. The first-order valence-electron chi connectivity index (χ1n) is 11.5. The highest BCUT2D eigenvalue weighted by molar-refractivity contribution is 7.11. The Morgan fingerprint density at radius 1 is 1.11 bits per heavy atom. The maximum absolute atomic E-state index is 11.1. The van der Waals surface area contributed by atoms with Crippen molar-refractivity contribution >= 4 is 28.9 Å². The molecular weight excluding hydrogens is 470 g/mol. The molecule has 7 nitrogen and oxygen atoms in total. The van der Waals surface area contributed by atoms with E-state index >= 15 is 0 Å². The van der Waals surface area contributed by atoms with Crippen LogP contribution in [-0.2, 0) is 13.1 Å². The van der Waals surface area contributed by atoms with E-state index in [-0.39, 0.29) is 5.88 Å². The molecule has 0 atom stereocenters. The zero-order chi connectivity index (χ0) is 25.3. The normalized spacial score (nSPS) is 11.5. The van der Waals surface area contributed by atoms with Crippen molar-refractivity contribution in [1.82, 2.24) is 4.57 Å². The van der Waals surface area contributed by atoms with Gasteiger partial charge in [0.05, 0.1) is 43.2 Å². The Kier molecular flexibility index (Phi) is 8.16. The fourth-order valence-electron chi connectivity index (χ4n) is 3.70. The van der Waals surface area contributed by atoms with Crippen LogP contribution in [0.2, 0.25) is 0 Å². The lowest BCUT2D eigenvalue weighted by molar-refractivity contribution is 0.410. The summed E-state index contributed by atoms with van der Waals surface area (Å²) in [5, 5.41) is 23.8. The van der Waals surface area contributed by atoms with Gasteiger partial charge < -0.3 is 15.2 Å². The molecule has 4 rings (SSSR count). The third-order valence-electron chi connectivity index (χ3n) is 5.46. The zero-order valence-electron chi connectivity index (χ0n) is 20.2. The van der Waals surface area contributed by atoms with Crippen LogP contribution in [0.5, 0.6) is 11.6 Å². The van der Waals surface area contributed by atoms with E-state index in [0.717, 1.165) is 29.1 Å². The Morgan fingerprint density at radius 2 is 1.89 bits per heavy atom. The van der Waals surface area contributed by atoms with Gasteiger partial charge in [0, 0.05) is 18.3 Å². The molecule has 0 radical (unpaired) electrons. The van der Waals surface area contributed by atoms with Crippen LogP contribution in [0, 0.1) is 11.3 Å². The van der Waals surface area contributed by atoms with E-state index in [1.807, 2.05) is 67.6 Å². The average Bonchev–Trinajstić information content (AvgIpc) is 3.19. The second-order valence-electron chi connectivity index (χ2n) is 7.91. The van der Waals surface area contributed by atoms with E-state index in [4.69, 9.17) is 9.73 Å². The fourth-order valence-corrected chi connectivity index (χ4v) is 4.63. The van der Waals surface area contributed by atoms with Gasteiger partial charge in [-0.1, -0.05) is 59.9 Å². The second kappa shape index (κ2) is 11.9. The number of anilines is 1. The molecule has 182 valence electrons. The molecule has 0 amide bonds. The number of aliphatic imine (C=N–C) groups is 1. The van der Waals surface area contributed by atoms with Gasteiger partial charge in [-0.05, 0) is 36.8 Å². The van der Waals surface area contributed by atoms with Crippen LogP contribution in [-0.4, -0.2) is 29.5 Å². The molecule has 0 aliphatic carbocycles. The summed E-state index contributed by atoms with van der Waals surface area (Å²) in [5.41, 5.74) is 3.96. The molecule has 0 fully saturated rings. The van der Waals surface area contributed by atoms with Crippen LogP contribution in [0.25, 0.3) is 0 Å². The monoisotopic (exact) mass is 497 g/mol. The van der Waals surface area contributed by atoms with Gasteiger partial charge in [0.25, 0.3) is 0 Å². The molecule has 0 aliphatic rings. The fraction of sp³-hybridized carbons (Fsp3) is 0.179. The quantitative estimate of drug-likeness (QED) is 0.300. The molecule has 1 aromatic heterocycles. The Bertz CT molecular complexity index is 1470. The Hall–Kier alpha value is -4.35. The van der Waals surface area contributed by atoms with Crippen molar-refractivity contribution < 1.29 is 9.84 Å². The Balaban J connectivity index is 1.77. The summed E-state index contributed by atoms with van der Waals surface area (Å²) in [5.74, 6) is 0.862. The highest BCUT2D eigenvalue weighted by Crippen LogP contribution is 2.27. The maximum atomic E-state index is 11.1. The van der Waals surface area contributed by atoms with Gasteiger partial charge in [0.15, 0.2) is 4.80 Å². The number of aromatic nitrogens is 1. The summed E-state index contributed by atoms with van der Waals surface area (Å²) < 4.78 is 7.17. The molecule has 0 aliphatic heterocycles. The maximum Gasteiger partial charge on any atom is 0.213 e. The van der Waals surface area contributed by atoms with Crippen LogP contribution in [0.15, 0.2) is 82.8 Å². The lowest BCUT2D eigenvalue weighted by Gasteiger charge is -2.08. The van der Waals surface area contributed by atoms with Crippen molar-refractivity contribution in [2.24, 2.45) is 9.98 Å². The molecule has 1 heterocycles. The summed E-state index contributed by atoms with van der Waals surface area (Å²) in [6.07, 6.45) is 1.67. The molecule has 0 saturated heterocycles. The van der Waals surface area contributed by atoms with E-state index < -0.39 is 0 Å². The second-order valence-corrected chi connectivity index (χ2v) is 8.92. The van der Waals surface area contributed by atoms with Crippen LogP contribution >= 0.6 is 11.3 Å². The number of benzene rings is 3. The SMILES string of the molecule is CCNc1ccc(C#N)cc1N=c1sc(C=NCc2ccccc2OC)c(O)n1Cc1ccccc1. The molecule has 0 bridgehead atoms. The van der Waals surface area contributed by atoms with Crippen molar-refractivity contribution in [1.29, 1.82) is 5.26 Å². The van der Waals surface area contributed by atoms with Gasteiger partial charge in [0.2, 0.25) is 5.88 Å². The van der Waals surface area contributed by atoms with Crippen LogP contribution in [0.3, 0.4) is 0 Å². The minimum atomic E-state index is 0.0906. The van der Waals surface area contributed by atoms with Crippen molar-refractivity contribution in [3.8, 4) is 17.7 Å². The van der Waals surface area contributed by atoms with E-state index in [2.05, 4.69) is 16.4 Å². The van der Waals surface area contributed by atoms with Crippen molar-refractivity contribution in [2.75, 3.05) is 19.0 Å². The highest BCUT2D eigenvalue weighted by atomic mass is 32.1. The topological polar surface area (TPSA) is 94.9 Å². The van der Waals surface area contributed by atoms with Crippen LogP contribution in [0.1, 0.15) is 28.5 Å². The van der Waals surface area contributed by atoms with E-state index in [1.54, 1.807) is 30.0 Å². The summed E-state index contributed by atoms with van der Waals surface area (Å²) in [4.78, 5) is 10.6. The molecule has 0 unspecified atom stereocenters. The molecular formula is C28H27N5O2S. The number of rotatable bonds is 9. The van der Waals surface area contributed by atoms with Crippen molar-refractivity contribution in [2.45, 2.75) is 20.0 Å².